The van der Waals surface area contributed by atoms with E-state index < -0.39 is 5.60 Å². The molecule has 1 aliphatic rings. The predicted molar refractivity (Wildman–Crippen MR) is 77.7 cm³/mol. The second-order valence-electron chi connectivity index (χ2n) is 5.87. The Morgan fingerprint density at radius 3 is 2.55 bits per heavy atom. The molecule has 0 radical (unpaired) electrons. The second kappa shape index (κ2) is 6.27. The largest absolute Gasteiger partial charge is 0.497 e. The van der Waals surface area contributed by atoms with E-state index in [0.29, 0.717) is 6.42 Å². The summed E-state index contributed by atoms with van der Waals surface area (Å²) in [6.45, 7) is 2.03. The predicted octanol–water partition coefficient (Wildman–Crippen LogP) is 1.90. The topological polar surface area (TPSA) is 58.6 Å². The average Bonchev–Trinajstić information content (AvgIpc) is 2.35. The van der Waals surface area contributed by atoms with E-state index >= 15 is 0 Å². The van der Waals surface area contributed by atoms with Crippen molar-refractivity contribution in [3.05, 3.63) is 29.8 Å². The van der Waals surface area contributed by atoms with Crippen molar-refractivity contribution in [1.29, 1.82) is 0 Å². The first kappa shape index (κ1) is 14.9. The third-order valence-corrected chi connectivity index (χ3v) is 3.86. The van der Waals surface area contributed by atoms with Crippen molar-refractivity contribution in [2.45, 2.75) is 38.2 Å². The summed E-state index contributed by atoms with van der Waals surface area (Å²) >= 11 is 0. The van der Waals surface area contributed by atoms with Crippen molar-refractivity contribution < 1.29 is 14.6 Å². The minimum absolute atomic E-state index is 0.0752. The SMILES string of the molecule is COc1ccc(CC(C)(O)CNC(=O)C2CCC2)cc1. The molecule has 0 aliphatic heterocycles. The van der Waals surface area contributed by atoms with Crippen molar-refractivity contribution in [1.82, 2.24) is 5.32 Å². The third kappa shape index (κ3) is 3.97. The number of benzene rings is 1. The van der Waals surface area contributed by atoms with Crippen LogP contribution >= 0.6 is 0 Å². The zero-order valence-corrected chi connectivity index (χ0v) is 12.2. The fourth-order valence-corrected chi connectivity index (χ4v) is 2.34. The van der Waals surface area contributed by atoms with E-state index in [0.717, 1.165) is 30.6 Å². The van der Waals surface area contributed by atoms with Crippen LogP contribution in [0.25, 0.3) is 0 Å². The van der Waals surface area contributed by atoms with Gasteiger partial charge >= 0.3 is 0 Å². The van der Waals surface area contributed by atoms with Crippen LogP contribution in [0.5, 0.6) is 5.75 Å². The molecule has 1 fully saturated rings. The van der Waals surface area contributed by atoms with Crippen LogP contribution < -0.4 is 10.1 Å². The van der Waals surface area contributed by atoms with Crippen LogP contribution in [0.4, 0.5) is 0 Å². The average molecular weight is 277 g/mol. The molecule has 0 heterocycles. The van der Waals surface area contributed by atoms with Gasteiger partial charge in [0.2, 0.25) is 5.91 Å². The standard InChI is InChI=1S/C16H23NO3/c1-16(19,11-17-15(18)13-4-3-5-13)10-12-6-8-14(20-2)9-7-12/h6-9,13,19H,3-5,10-11H2,1-2H3,(H,17,18). The number of methoxy groups -OCH3 is 1. The van der Waals surface area contributed by atoms with Crippen molar-refractivity contribution in [2.75, 3.05) is 13.7 Å². The molecule has 1 amide bonds. The molecule has 0 aromatic heterocycles. The van der Waals surface area contributed by atoms with Crippen molar-refractivity contribution in [2.24, 2.45) is 5.92 Å². The van der Waals surface area contributed by atoms with Gasteiger partial charge in [-0.1, -0.05) is 18.6 Å². The van der Waals surface area contributed by atoms with E-state index in [-0.39, 0.29) is 18.4 Å². The van der Waals surface area contributed by atoms with Gasteiger partial charge in [-0.25, -0.2) is 0 Å². The Bertz CT molecular complexity index is 449. The lowest BCUT2D eigenvalue weighted by Gasteiger charge is -2.28. The lowest BCUT2D eigenvalue weighted by molar-refractivity contribution is -0.128. The molecule has 2 N–H and O–H groups in total. The maximum absolute atomic E-state index is 11.8. The van der Waals surface area contributed by atoms with Crippen LogP contribution in [0.3, 0.4) is 0 Å². The van der Waals surface area contributed by atoms with Gasteiger partial charge in [0.05, 0.1) is 12.7 Å². The number of rotatable bonds is 6. The molecule has 1 unspecified atom stereocenters. The van der Waals surface area contributed by atoms with Gasteiger partial charge in [-0.3, -0.25) is 4.79 Å². The maximum atomic E-state index is 11.8. The second-order valence-corrected chi connectivity index (χ2v) is 5.87. The van der Waals surface area contributed by atoms with Gasteiger partial charge in [0.1, 0.15) is 5.75 Å². The first-order valence-corrected chi connectivity index (χ1v) is 7.13. The Morgan fingerprint density at radius 2 is 2.05 bits per heavy atom. The molecule has 1 aliphatic carbocycles. The molecule has 0 spiro atoms. The van der Waals surface area contributed by atoms with Gasteiger partial charge in [-0.15, -0.1) is 0 Å². The molecule has 4 nitrogen and oxygen atoms in total. The summed E-state index contributed by atoms with van der Waals surface area (Å²) in [5, 5.41) is 13.2. The number of hydrogen-bond donors (Lipinski definition) is 2. The highest BCUT2D eigenvalue weighted by molar-refractivity contribution is 5.79. The van der Waals surface area contributed by atoms with Gasteiger partial charge in [-0.05, 0) is 37.5 Å². The van der Waals surface area contributed by atoms with Gasteiger partial charge in [0, 0.05) is 18.9 Å². The smallest absolute Gasteiger partial charge is 0.223 e. The summed E-state index contributed by atoms with van der Waals surface area (Å²) in [5.74, 6) is 1.03. The third-order valence-electron chi connectivity index (χ3n) is 3.86. The zero-order chi connectivity index (χ0) is 14.6. The van der Waals surface area contributed by atoms with Crippen LogP contribution in [-0.4, -0.2) is 30.3 Å². The van der Waals surface area contributed by atoms with Gasteiger partial charge in [0.25, 0.3) is 0 Å². The highest BCUT2D eigenvalue weighted by Crippen LogP contribution is 2.26. The number of ether oxygens (including phenoxy) is 1. The lowest BCUT2D eigenvalue weighted by Crippen LogP contribution is -2.45. The Kier molecular flexibility index (Phi) is 4.65. The number of aliphatic hydroxyl groups is 1. The zero-order valence-electron chi connectivity index (χ0n) is 12.2. The molecule has 4 heteroatoms. The molecule has 110 valence electrons. The number of carbonyl (C=O) groups is 1. The van der Waals surface area contributed by atoms with Gasteiger partial charge < -0.3 is 15.2 Å². The molecular weight excluding hydrogens is 254 g/mol. The summed E-state index contributed by atoms with van der Waals surface area (Å²) in [7, 11) is 1.63. The minimum atomic E-state index is -0.937. The Balaban J connectivity index is 1.83. The Hall–Kier alpha value is -1.55. The normalized spacial score (nSPS) is 17.9. The monoisotopic (exact) mass is 277 g/mol. The summed E-state index contributed by atoms with van der Waals surface area (Å²) in [4.78, 5) is 11.8. The van der Waals surface area contributed by atoms with Crippen LogP contribution in [0.1, 0.15) is 31.7 Å². The van der Waals surface area contributed by atoms with Crippen LogP contribution in [0, 0.1) is 5.92 Å². The quantitative estimate of drug-likeness (QED) is 0.835. The molecule has 1 aromatic carbocycles. The maximum Gasteiger partial charge on any atom is 0.223 e. The van der Waals surface area contributed by atoms with E-state index in [4.69, 9.17) is 4.74 Å². The van der Waals surface area contributed by atoms with Crippen molar-refractivity contribution in [3.8, 4) is 5.75 Å². The summed E-state index contributed by atoms with van der Waals surface area (Å²) in [5.41, 5.74) is 0.0854. The minimum Gasteiger partial charge on any atom is -0.497 e. The van der Waals surface area contributed by atoms with E-state index in [1.165, 1.54) is 0 Å². The highest BCUT2D eigenvalue weighted by Gasteiger charge is 2.28. The molecule has 1 aromatic rings. The fourth-order valence-electron chi connectivity index (χ4n) is 2.34. The number of hydrogen-bond acceptors (Lipinski definition) is 3. The molecule has 1 saturated carbocycles. The van der Waals surface area contributed by atoms with E-state index in [1.54, 1.807) is 14.0 Å². The van der Waals surface area contributed by atoms with Crippen LogP contribution in [-0.2, 0) is 11.2 Å². The molecule has 20 heavy (non-hydrogen) atoms. The van der Waals surface area contributed by atoms with Crippen LogP contribution in [0.15, 0.2) is 24.3 Å². The first-order chi connectivity index (χ1) is 9.50. The van der Waals surface area contributed by atoms with E-state index in [9.17, 15) is 9.90 Å². The molecule has 0 saturated heterocycles. The molecular formula is C16H23NO3. The summed E-state index contributed by atoms with van der Waals surface area (Å²) in [6, 6.07) is 7.61. The van der Waals surface area contributed by atoms with Crippen molar-refractivity contribution >= 4 is 5.91 Å². The summed E-state index contributed by atoms with van der Waals surface area (Å²) < 4.78 is 5.10. The van der Waals surface area contributed by atoms with E-state index in [1.807, 2.05) is 24.3 Å². The fraction of sp³-hybridized carbons (Fsp3) is 0.562. The number of carbonyl (C=O) groups excluding carboxylic acids is 1. The van der Waals surface area contributed by atoms with E-state index in [2.05, 4.69) is 5.32 Å². The molecule has 1 atom stereocenters. The Labute approximate surface area is 120 Å². The lowest BCUT2D eigenvalue weighted by atomic mass is 9.84. The van der Waals surface area contributed by atoms with Crippen molar-refractivity contribution in [3.63, 3.8) is 0 Å². The molecule has 2 rings (SSSR count). The van der Waals surface area contributed by atoms with Crippen LogP contribution in [0.2, 0.25) is 0 Å². The summed E-state index contributed by atoms with van der Waals surface area (Å²) in [6.07, 6.45) is 3.60. The number of amides is 1. The van der Waals surface area contributed by atoms with Gasteiger partial charge in [0.15, 0.2) is 0 Å². The van der Waals surface area contributed by atoms with Gasteiger partial charge in [-0.2, -0.15) is 0 Å². The molecule has 0 bridgehead atoms. The highest BCUT2D eigenvalue weighted by atomic mass is 16.5. The first-order valence-electron chi connectivity index (χ1n) is 7.13. The Morgan fingerprint density at radius 1 is 1.40 bits per heavy atom. The number of nitrogens with one attached hydrogen (secondary N) is 1.